The second kappa shape index (κ2) is 8.55. The van der Waals surface area contributed by atoms with Gasteiger partial charge in [-0.25, -0.2) is 13.2 Å². The molecule has 1 heterocycles. The van der Waals surface area contributed by atoms with Crippen LogP contribution in [0.25, 0.3) is 0 Å². The van der Waals surface area contributed by atoms with Crippen LogP contribution in [0.4, 0.5) is 13.2 Å². The highest BCUT2D eigenvalue weighted by atomic mass is 35.5. The summed E-state index contributed by atoms with van der Waals surface area (Å²) in [5, 5.41) is 0. The van der Waals surface area contributed by atoms with Crippen LogP contribution in [0.5, 0.6) is 0 Å². The van der Waals surface area contributed by atoms with Crippen molar-refractivity contribution in [2.75, 3.05) is 26.7 Å². The summed E-state index contributed by atoms with van der Waals surface area (Å²) in [7, 11) is -3.16. The van der Waals surface area contributed by atoms with Crippen molar-refractivity contribution in [3.63, 3.8) is 0 Å². The molecule has 148 valence electrons. The number of rotatable bonds is 4. The number of hydrogen-bond acceptors (Lipinski definition) is 5. The number of carbonyl (C=O) groups excluding carboxylic acids is 1. The molecule has 11 heteroatoms. The van der Waals surface area contributed by atoms with Gasteiger partial charge in [0.15, 0.2) is 0 Å². The number of sulfonamides is 1. The van der Waals surface area contributed by atoms with Crippen LogP contribution in [0.15, 0.2) is 23.1 Å². The van der Waals surface area contributed by atoms with Crippen molar-refractivity contribution in [1.29, 1.82) is 0 Å². The number of alkyl halides is 3. The normalized spacial score (nSPS) is 18.9. The Balaban J connectivity index is 0.00000338. The van der Waals surface area contributed by atoms with Crippen LogP contribution in [0.2, 0.25) is 0 Å². The molecule has 1 saturated heterocycles. The van der Waals surface area contributed by atoms with Gasteiger partial charge in [-0.3, -0.25) is 0 Å². The average molecular weight is 417 g/mol. The van der Waals surface area contributed by atoms with Gasteiger partial charge < -0.3 is 10.5 Å². The number of methoxy groups -OCH3 is 1. The van der Waals surface area contributed by atoms with Crippen LogP contribution >= 0.6 is 12.4 Å². The molecule has 1 aromatic carbocycles. The minimum Gasteiger partial charge on any atom is -0.465 e. The van der Waals surface area contributed by atoms with E-state index in [4.69, 9.17) is 5.73 Å². The predicted octanol–water partition coefficient (Wildman–Crippen LogP) is 2.27. The number of esters is 1. The van der Waals surface area contributed by atoms with E-state index < -0.39 is 38.2 Å². The molecule has 0 spiro atoms. The predicted molar refractivity (Wildman–Crippen MR) is 90.6 cm³/mol. The Labute approximate surface area is 155 Å². The fourth-order valence-electron chi connectivity index (χ4n) is 2.79. The van der Waals surface area contributed by atoms with E-state index in [1.807, 2.05) is 0 Å². The number of ether oxygens (including phenoxy) is 1. The number of hydrogen-bond donors (Lipinski definition) is 1. The second-order valence-electron chi connectivity index (χ2n) is 5.80. The van der Waals surface area contributed by atoms with Gasteiger partial charge in [-0.2, -0.15) is 17.5 Å². The summed E-state index contributed by atoms with van der Waals surface area (Å²) in [6.07, 6.45) is -3.53. The topological polar surface area (TPSA) is 89.7 Å². The van der Waals surface area contributed by atoms with Crippen LogP contribution in [-0.4, -0.2) is 45.4 Å². The Kier molecular flexibility index (Phi) is 7.46. The van der Waals surface area contributed by atoms with Gasteiger partial charge in [0, 0.05) is 13.1 Å². The number of benzene rings is 1. The van der Waals surface area contributed by atoms with Gasteiger partial charge in [0.25, 0.3) is 0 Å². The molecule has 1 atom stereocenters. The molecule has 0 bridgehead atoms. The summed E-state index contributed by atoms with van der Waals surface area (Å²) in [4.78, 5) is 11.0. The summed E-state index contributed by atoms with van der Waals surface area (Å²) in [6.45, 7) is 0.693. The summed E-state index contributed by atoms with van der Waals surface area (Å²) in [5.74, 6) is -1.21. The van der Waals surface area contributed by atoms with Crippen molar-refractivity contribution in [1.82, 2.24) is 4.31 Å². The lowest BCUT2D eigenvalue weighted by Crippen LogP contribution is -2.42. The highest BCUT2D eigenvalue weighted by Gasteiger charge is 2.38. The third-order valence-corrected chi connectivity index (χ3v) is 6.02. The molecule has 1 unspecified atom stereocenters. The zero-order valence-corrected chi connectivity index (χ0v) is 15.6. The molecule has 0 aromatic heterocycles. The number of nitrogens with two attached hydrogens (primary N) is 1. The molecule has 0 radical (unpaired) electrons. The Morgan fingerprint density at radius 2 is 2.04 bits per heavy atom. The van der Waals surface area contributed by atoms with Gasteiger partial charge in [0.2, 0.25) is 10.0 Å². The third-order valence-electron chi connectivity index (χ3n) is 4.15. The van der Waals surface area contributed by atoms with Crippen LogP contribution < -0.4 is 5.73 Å². The van der Waals surface area contributed by atoms with E-state index in [1.165, 1.54) is 0 Å². The maximum absolute atomic E-state index is 13.2. The molecular formula is C15H20ClF3N2O4S. The van der Waals surface area contributed by atoms with Crippen LogP contribution in [0.3, 0.4) is 0 Å². The first kappa shape index (κ1) is 22.7. The summed E-state index contributed by atoms with van der Waals surface area (Å²) >= 11 is 0. The first-order chi connectivity index (χ1) is 11.6. The largest absolute Gasteiger partial charge is 0.465 e. The lowest BCUT2D eigenvalue weighted by Gasteiger charge is -2.31. The molecule has 1 aliphatic rings. The molecule has 1 aliphatic heterocycles. The Bertz CT molecular complexity index is 756. The summed E-state index contributed by atoms with van der Waals surface area (Å²) in [5.41, 5.74) is 3.51. The lowest BCUT2D eigenvalue weighted by atomic mass is 10.0. The van der Waals surface area contributed by atoms with Crippen LogP contribution in [0.1, 0.15) is 28.8 Å². The first-order valence-electron chi connectivity index (χ1n) is 7.61. The van der Waals surface area contributed by atoms with E-state index in [9.17, 15) is 26.4 Å². The fourth-order valence-corrected chi connectivity index (χ4v) is 4.37. The molecular weight excluding hydrogens is 397 g/mol. The Morgan fingerprint density at radius 3 is 2.58 bits per heavy atom. The van der Waals surface area contributed by atoms with Crippen molar-refractivity contribution in [3.8, 4) is 0 Å². The number of nitrogens with zero attached hydrogens (tertiary/aromatic N) is 1. The molecule has 26 heavy (non-hydrogen) atoms. The Morgan fingerprint density at radius 1 is 1.38 bits per heavy atom. The maximum Gasteiger partial charge on any atom is 0.417 e. The first-order valence-corrected chi connectivity index (χ1v) is 9.05. The molecule has 1 fully saturated rings. The molecule has 6 nitrogen and oxygen atoms in total. The number of piperidine rings is 1. The van der Waals surface area contributed by atoms with Gasteiger partial charge in [-0.15, -0.1) is 12.4 Å². The Hall–Kier alpha value is -1.36. The molecule has 0 aliphatic carbocycles. The minimum absolute atomic E-state index is 0. The summed E-state index contributed by atoms with van der Waals surface area (Å²) < 4.78 is 70.5. The lowest BCUT2D eigenvalue weighted by molar-refractivity contribution is -0.138. The van der Waals surface area contributed by atoms with Gasteiger partial charge in [0.1, 0.15) is 0 Å². The number of carbonyl (C=O) groups is 1. The van der Waals surface area contributed by atoms with Gasteiger partial charge in [-0.05, 0) is 43.5 Å². The van der Waals surface area contributed by atoms with Gasteiger partial charge in [0.05, 0.1) is 23.1 Å². The summed E-state index contributed by atoms with van der Waals surface area (Å²) in [6, 6.07) is 2.29. The fraction of sp³-hybridized carbons (Fsp3) is 0.533. The quantitative estimate of drug-likeness (QED) is 0.760. The minimum atomic E-state index is -4.89. The van der Waals surface area contributed by atoms with Crippen molar-refractivity contribution in [2.24, 2.45) is 11.7 Å². The second-order valence-corrected chi connectivity index (χ2v) is 7.74. The number of halogens is 4. The monoisotopic (exact) mass is 416 g/mol. The van der Waals surface area contributed by atoms with Crippen molar-refractivity contribution < 1.29 is 31.1 Å². The maximum atomic E-state index is 13.2. The van der Waals surface area contributed by atoms with Crippen LogP contribution in [0, 0.1) is 5.92 Å². The molecule has 0 amide bonds. The van der Waals surface area contributed by atoms with E-state index in [-0.39, 0.29) is 31.4 Å². The van der Waals surface area contributed by atoms with E-state index in [0.29, 0.717) is 19.0 Å². The van der Waals surface area contributed by atoms with Crippen molar-refractivity contribution >= 4 is 28.4 Å². The van der Waals surface area contributed by atoms with E-state index in [1.54, 1.807) is 0 Å². The highest BCUT2D eigenvalue weighted by molar-refractivity contribution is 7.89. The third kappa shape index (κ3) is 4.67. The van der Waals surface area contributed by atoms with E-state index in [0.717, 1.165) is 30.0 Å². The van der Waals surface area contributed by atoms with Crippen molar-refractivity contribution in [2.45, 2.75) is 23.9 Å². The average Bonchev–Trinajstić information content (AvgIpc) is 2.59. The smallest absolute Gasteiger partial charge is 0.417 e. The molecule has 2 rings (SSSR count). The van der Waals surface area contributed by atoms with E-state index >= 15 is 0 Å². The molecule has 2 N–H and O–H groups in total. The molecule has 0 saturated carbocycles. The SMILES string of the molecule is COC(=O)c1ccc(S(=O)(=O)N2CCCC(CN)C2)cc1C(F)(F)F.Cl. The van der Waals surface area contributed by atoms with Gasteiger partial charge in [-0.1, -0.05) is 0 Å². The zero-order valence-electron chi connectivity index (χ0n) is 14.0. The molecule has 1 aromatic rings. The van der Waals surface area contributed by atoms with Gasteiger partial charge >= 0.3 is 12.1 Å². The van der Waals surface area contributed by atoms with E-state index in [2.05, 4.69) is 4.74 Å². The highest BCUT2D eigenvalue weighted by Crippen LogP contribution is 2.35. The van der Waals surface area contributed by atoms with Crippen LogP contribution in [-0.2, 0) is 20.9 Å². The standard InChI is InChI=1S/C15H19F3N2O4S.ClH/c1-24-14(21)12-5-4-11(7-13(12)15(16,17)18)25(22,23)20-6-2-3-10(8-19)9-20;/h4-5,7,10H,2-3,6,8-9,19H2,1H3;1H. The van der Waals surface area contributed by atoms with Crippen molar-refractivity contribution in [3.05, 3.63) is 29.3 Å². The zero-order chi connectivity index (χ0) is 18.8.